The summed E-state index contributed by atoms with van der Waals surface area (Å²) in [6.45, 7) is 7.50. The number of nitrogens with one attached hydrogen (secondary N) is 1. The van der Waals surface area contributed by atoms with Gasteiger partial charge in [-0.05, 0) is 32.7 Å². The predicted octanol–water partition coefficient (Wildman–Crippen LogP) is 1.57. The number of hydrogen-bond acceptors (Lipinski definition) is 3. The Hall–Kier alpha value is -0.120. The molecule has 0 aromatic rings. The second kappa shape index (κ2) is 7.21. The molecule has 1 saturated carbocycles. The van der Waals surface area contributed by atoms with Crippen molar-refractivity contribution in [2.45, 2.75) is 45.3 Å². The van der Waals surface area contributed by atoms with E-state index in [9.17, 15) is 0 Å². The predicted molar refractivity (Wildman–Crippen MR) is 57.5 cm³/mol. The highest BCUT2D eigenvalue weighted by molar-refractivity contribution is 4.80. The molecule has 0 saturated heterocycles. The molecule has 0 aromatic carbocycles. The zero-order chi connectivity index (χ0) is 10.2. The van der Waals surface area contributed by atoms with Crippen LogP contribution in [0.3, 0.4) is 0 Å². The lowest BCUT2D eigenvalue weighted by atomic mass is 10.2. The van der Waals surface area contributed by atoms with Crippen LogP contribution >= 0.6 is 0 Å². The second-order valence-electron chi connectivity index (χ2n) is 3.76. The molecule has 3 heteroatoms. The third-order valence-corrected chi connectivity index (χ3v) is 2.66. The molecule has 0 aromatic heterocycles. The summed E-state index contributed by atoms with van der Waals surface area (Å²) in [6.07, 6.45) is 4.08. The van der Waals surface area contributed by atoms with Gasteiger partial charge < -0.3 is 14.8 Å². The van der Waals surface area contributed by atoms with Crippen molar-refractivity contribution in [3.05, 3.63) is 0 Å². The molecule has 3 nitrogen and oxygen atoms in total. The first kappa shape index (κ1) is 12.0. The lowest BCUT2D eigenvalue weighted by Gasteiger charge is -2.12. The molecule has 14 heavy (non-hydrogen) atoms. The summed E-state index contributed by atoms with van der Waals surface area (Å²) in [6, 6.07) is 0.678. The Bertz CT molecular complexity index is 141. The smallest absolute Gasteiger partial charge is 0.0704 e. The van der Waals surface area contributed by atoms with Gasteiger partial charge in [-0.3, -0.25) is 0 Å². The van der Waals surface area contributed by atoms with Gasteiger partial charge in [0.05, 0.1) is 19.3 Å². The molecule has 0 spiro atoms. The molecular weight excluding hydrogens is 178 g/mol. The fourth-order valence-electron chi connectivity index (χ4n) is 1.98. The van der Waals surface area contributed by atoms with Gasteiger partial charge in [-0.2, -0.15) is 0 Å². The Morgan fingerprint density at radius 3 is 2.79 bits per heavy atom. The quantitative estimate of drug-likeness (QED) is 0.634. The van der Waals surface area contributed by atoms with E-state index in [0.29, 0.717) is 12.1 Å². The van der Waals surface area contributed by atoms with Gasteiger partial charge in [-0.15, -0.1) is 0 Å². The molecule has 1 aliphatic carbocycles. The van der Waals surface area contributed by atoms with E-state index in [1.807, 2.05) is 6.92 Å². The molecule has 0 heterocycles. The summed E-state index contributed by atoms with van der Waals surface area (Å²) >= 11 is 0. The van der Waals surface area contributed by atoms with E-state index in [-0.39, 0.29) is 0 Å². The summed E-state index contributed by atoms with van der Waals surface area (Å²) in [4.78, 5) is 0. The SMILES string of the molecule is CCNC1CCC(OCCOCC)C1. The monoisotopic (exact) mass is 201 g/mol. The molecule has 0 aliphatic heterocycles. The third kappa shape index (κ3) is 4.40. The first-order valence-electron chi connectivity index (χ1n) is 5.79. The Balaban J connectivity index is 1.98. The van der Waals surface area contributed by atoms with Gasteiger partial charge in [0.2, 0.25) is 0 Å². The lowest BCUT2D eigenvalue weighted by Crippen LogP contribution is -2.27. The summed E-state index contributed by atoms with van der Waals surface area (Å²) in [5.74, 6) is 0. The maximum atomic E-state index is 5.72. The van der Waals surface area contributed by atoms with Crippen molar-refractivity contribution < 1.29 is 9.47 Å². The van der Waals surface area contributed by atoms with Crippen LogP contribution < -0.4 is 5.32 Å². The molecule has 2 atom stereocenters. The lowest BCUT2D eigenvalue weighted by molar-refractivity contribution is 0.00994. The van der Waals surface area contributed by atoms with Crippen LogP contribution in [0.15, 0.2) is 0 Å². The average Bonchev–Trinajstić information content (AvgIpc) is 2.61. The van der Waals surface area contributed by atoms with Crippen molar-refractivity contribution in [1.82, 2.24) is 5.32 Å². The first-order chi connectivity index (χ1) is 6.86. The van der Waals surface area contributed by atoms with E-state index >= 15 is 0 Å². The standard InChI is InChI=1S/C11H23NO2/c1-3-12-10-5-6-11(9-10)14-8-7-13-4-2/h10-12H,3-9H2,1-2H3. The largest absolute Gasteiger partial charge is 0.379 e. The van der Waals surface area contributed by atoms with Crippen molar-refractivity contribution >= 4 is 0 Å². The van der Waals surface area contributed by atoms with E-state index in [1.54, 1.807) is 0 Å². The van der Waals surface area contributed by atoms with E-state index in [0.717, 1.165) is 26.4 Å². The Kier molecular flexibility index (Phi) is 6.15. The van der Waals surface area contributed by atoms with Gasteiger partial charge in [0.1, 0.15) is 0 Å². The van der Waals surface area contributed by atoms with Crippen molar-refractivity contribution in [1.29, 1.82) is 0 Å². The van der Waals surface area contributed by atoms with Crippen molar-refractivity contribution in [3.63, 3.8) is 0 Å². The van der Waals surface area contributed by atoms with E-state index < -0.39 is 0 Å². The third-order valence-electron chi connectivity index (χ3n) is 2.66. The average molecular weight is 201 g/mol. The van der Waals surface area contributed by atoms with Crippen LogP contribution in [0.4, 0.5) is 0 Å². The highest BCUT2D eigenvalue weighted by atomic mass is 16.5. The molecule has 0 radical (unpaired) electrons. The van der Waals surface area contributed by atoms with Gasteiger partial charge in [0.25, 0.3) is 0 Å². The molecule has 0 bridgehead atoms. The van der Waals surface area contributed by atoms with Crippen LogP contribution in [0.2, 0.25) is 0 Å². The Morgan fingerprint density at radius 2 is 2.07 bits per heavy atom. The first-order valence-corrected chi connectivity index (χ1v) is 5.79. The highest BCUT2D eigenvalue weighted by Crippen LogP contribution is 2.21. The zero-order valence-corrected chi connectivity index (χ0v) is 9.42. The van der Waals surface area contributed by atoms with Crippen molar-refractivity contribution in [2.24, 2.45) is 0 Å². The fraction of sp³-hybridized carbons (Fsp3) is 1.00. The van der Waals surface area contributed by atoms with Crippen LogP contribution in [-0.4, -0.2) is 38.5 Å². The minimum absolute atomic E-state index is 0.458. The topological polar surface area (TPSA) is 30.5 Å². The summed E-state index contributed by atoms with van der Waals surface area (Å²) in [7, 11) is 0. The summed E-state index contributed by atoms with van der Waals surface area (Å²) in [5, 5.41) is 3.46. The zero-order valence-electron chi connectivity index (χ0n) is 9.42. The minimum Gasteiger partial charge on any atom is -0.379 e. The van der Waals surface area contributed by atoms with Crippen LogP contribution in [0.25, 0.3) is 0 Å². The van der Waals surface area contributed by atoms with Crippen LogP contribution in [0.1, 0.15) is 33.1 Å². The van der Waals surface area contributed by atoms with E-state index in [1.165, 1.54) is 19.3 Å². The Labute approximate surface area is 87.2 Å². The molecule has 84 valence electrons. The maximum Gasteiger partial charge on any atom is 0.0704 e. The minimum atomic E-state index is 0.458. The number of ether oxygens (including phenoxy) is 2. The van der Waals surface area contributed by atoms with E-state index in [2.05, 4.69) is 12.2 Å². The van der Waals surface area contributed by atoms with Crippen molar-refractivity contribution in [3.8, 4) is 0 Å². The van der Waals surface area contributed by atoms with Crippen LogP contribution in [0, 0.1) is 0 Å². The van der Waals surface area contributed by atoms with Crippen LogP contribution in [0.5, 0.6) is 0 Å². The highest BCUT2D eigenvalue weighted by Gasteiger charge is 2.23. The summed E-state index contributed by atoms with van der Waals surface area (Å²) in [5.41, 5.74) is 0. The fourth-order valence-corrected chi connectivity index (χ4v) is 1.98. The normalized spacial score (nSPS) is 27.0. The number of hydrogen-bond donors (Lipinski definition) is 1. The summed E-state index contributed by atoms with van der Waals surface area (Å²) < 4.78 is 10.9. The van der Waals surface area contributed by atoms with Crippen molar-refractivity contribution in [2.75, 3.05) is 26.4 Å². The molecule has 1 aliphatic rings. The molecule has 1 N–H and O–H groups in total. The molecule has 2 unspecified atom stereocenters. The van der Waals surface area contributed by atoms with Gasteiger partial charge in [-0.25, -0.2) is 0 Å². The molecular formula is C11H23NO2. The van der Waals surface area contributed by atoms with E-state index in [4.69, 9.17) is 9.47 Å². The number of rotatable bonds is 7. The van der Waals surface area contributed by atoms with Crippen LogP contribution in [-0.2, 0) is 9.47 Å². The van der Waals surface area contributed by atoms with Gasteiger partial charge in [0.15, 0.2) is 0 Å². The van der Waals surface area contributed by atoms with Gasteiger partial charge in [0, 0.05) is 12.6 Å². The maximum absolute atomic E-state index is 5.72. The Morgan fingerprint density at radius 1 is 1.21 bits per heavy atom. The van der Waals surface area contributed by atoms with Gasteiger partial charge in [-0.1, -0.05) is 6.92 Å². The molecule has 0 amide bonds. The molecule has 1 rings (SSSR count). The van der Waals surface area contributed by atoms with Gasteiger partial charge >= 0.3 is 0 Å². The second-order valence-corrected chi connectivity index (χ2v) is 3.76. The molecule has 1 fully saturated rings.